The quantitative estimate of drug-likeness (QED) is 0.795. The van der Waals surface area contributed by atoms with E-state index in [2.05, 4.69) is 40.9 Å². The van der Waals surface area contributed by atoms with Crippen molar-refractivity contribution < 1.29 is 4.79 Å². The largest absolute Gasteiger partial charge is 0.347 e. The Morgan fingerprint density at radius 3 is 2.83 bits per heavy atom. The summed E-state index contributed by atoms with van der Waals surface area (Å²) in [6.07, 6.45) is 1.87. The second kappa shape index (κ2) is 5.91. The van der Waals surface area contributed by atoms with Crippen molar-refractivity contribution in [3.05, 3.63) is 63.0 Å². The number of hydrogen-bond acceptors (Lipinski definition) is 3. The molecule has 0 bridgehead atoms. The van der Waals surface area contributed by atoms with E-state index < -0.39 is 0 Å². The van der Waals surface area contributed by atoms with Crippen LogP contribution in [0.1, 0.15) is 32.1 Å². The van der Waals surface area contributed by atoms with E-state index in [1.807, 2.05) is 23.9 Å². The minimum Gasteiger partial charge on any atom is -0.347 e. The van der Waals surface area contributed by atoms with Crippen LogP contribution in [0.4, 0.5) is 0 Å². The van der Waals surface area contributed by atoms with E-state index in [1.54, 1.807) is 11.3 Å². The van der Waals surface area contributed by atoms with Crippen LogP contribution in [0.3, 0.4) is 0 Å². The first-order chi connectivity index (χ1) is 11.6. The summed E-state index contributed by atoms with van der Waals surface area (Å²) in [5, 5.41) is 9.63. The molecule has 5 heteroatoms. The maximum atomic E-state index is 12.6. The Bertz CT molecular complexity index is 905. The summed E-state index contributed by atoms with van der Waals surface area (Å²) in [6.45, 7) is 2.58. The smallest absolute Gasteiger partial charge is 0.272 e. The maximum Gasteiger partial charge on any atom is 0.272 e. The van der Waals surface area contributed by atoms with Gasteiger partial charge in [0.2, 0.25) is 0 Å². The molecule has 0 fully saturated rings. The van der Waals surface area contributed by atoms with E-state index in [9.17, 15) is 4.79 Å². The van der Waals surface area contributed by atoms with Crippen LogP contribution in [0.25, 0.3) is 11.3 Å². The highest BCUT2D eigenvalue weighted by atomic mass is 32.1. The van der Waals surface area contributed by atoms with E-state index >= 15 is 0 Å². The zero-order valence-electron chi connectivity index (χ0n) is 13.8. The second-order valence-corrected chi connectivity index (χ2v) is 7.23. The minimum atomic E-state index is -0.0916. The summed E-state index contributed by atoms with van der Waals surface area (Å²) in [6, 6.07) is 10.3. The van der Waals surface area contributed by atoms with Gasteiger partial charge in [-0.2, -0.15) is 5.10 Å². The van der Waals surface area contributed by atoms with Gasteiger partial charge in [-0.1, -0.05) is 29.8 Å². The van der Waals surface area contributed by atoms with Gasteiger partial charge in [-0.25, -0.2) is 0 Å². The van der Waals surface area contributed by atoms with Crippen LogP contribution < -0.4 is 5.32 Å². The molecule has 2 aromatic heterocycles. The Hall–Kier alpha value is -2.40. The molecule has 1 aliphatic carbocycles. The first kappa shape index (κ1) is 15.1. The van der Waals surface area contributed by atoms with Crippen LogP contribution in [0.15, 0.2) is 35.7 Å². The third kappa shape index (κ3) is 2.55. The fourth-order valence-electron chi connectivity index (χ4n) is 3.28. The third-order valence-electron chi connectivity index (χ3n) is 4.54. The van der Waals surface area contributed by atoms with Crippen LogP contribution in [0, 0.1) is 6.92 Å². The summed E-state index contributed by atoms with van der Waals surface area (Å²) in [5.74, 6) is -0.0916. The molecule has 0 atom stereocenters. The monoisotopic (exact) mass is 337 g/mol. The van der Waals surface area contributed by atoms with E-state index in [-0.39, 0.29) is 5.91 Å². The molecule has 0 radical (unpaired) electrons. The molecule has 122 valence electrons. The lowest BCUT2D eigenvalue weighted by Crippen LogP contribution is -2.24. The van der Waals surface area contributed by atoms with Gasteiger partial charge in [-0.05, 0) is 36.8 Å². The maximum absolute atomic E-state index is 12.6. The van der Waals surface area contributed by atoms with Crippen molar-refractivity contribution in [1.29, 1.82) is 0 Å². The third-order valence-corrected chi connectivity index (χ3v) is 5.52. The van der Waals surface area contributed by atoms with Crippen LogP contribution in [0.5, 0.6) is 0 Å². The topological polar surface area (TPSA) is 46.9 Å². The number of aryl methyl sites for hydroxylation is 3. The number of carbonyl (C=O) groups excluding carboxylic acids is 1. The zero-order chi connectivity index (χ0) is 16.7. The van der Waals surface area contributed by atoms with E-state index in [1.165, 1.54) is 16.0 Å². The van der Waals surface area contributed by atoms with Crippen molar-refractivity contribution in [2.45, 2.75) is 26.3 Å². The molecule has 24 heavy (non-hydrogen) atoms. The molecule has 0 saturated heterocycles. The minimum absolute atomic E-state index is 0.0916. The van der Waals surface area contributed by atoms with Crippen molar-refractivity contribution in [1.82, 2.24) is 15.1 Å². The standard InChI is InChI=1S/C19H19N3OS/c1-12-3-5-13(6-4-12)11-20-19(23)17-15-7-8-16-14(9-10-24-16)18(15)22(2)21-17/h3-6,9-10H,7-8,11H2,1-2H3,(H,20,23). The van der Waals surface area contributed by atoms with Crippen LogP contribution >= 0.6 is 11.3 Å². The molecule has 0 unspecified atom stereocenters. The van der Waals surface area contributed by atoms with Gasteiger partial charge in [0.1, 0.15) is 0 Å². The number of nitrogens with one attached hydrogen (secondary N) is 1. The number of rotatable bonds is 3. The SMILES string of the molecule is Cc1ccc(CNC(=O)c2nn(C)c3c2CCc2sccc2-3)cc1. The Kier molecular flexibility index (Phi) is 3.73. The highest BCUT2D eigenvalue weighted by Gasteiger charge is 2.27. The predicted octanol–water partition coefficient (Wildman–Crippen LogP) is 3.49. The summed E-state index contributed by atoms with van der Waals surface area (Å²) in [4.78, 5) is 14.0. The molecule has 1 N–H and O–H groups in total. The van der Waals surface area contributed by atoms with Gasteiger partial charge in [-0.15, -0.1) is 11.3 Å². The fourth-order valence-corrected chi connectivity index (χ4v) is 4.16. The molecule has 2 heterocycles. The molecule has 0 saturated carbocycles. The highest BCUT2D eigenvalue weighted by Crippen LogP contribution is 2.37. The van der Waals surface area contributed by atoms with E-state index in [4.69, 9.17) is 0 Å². The zero-order valence-corrected chi connectivity index (χ0v) is 14.6. The Morgan fingerprint density at radius 1 is 1.25 bits per heavy atom. The summed E-state index contributed by atoms with van der Waals surface area (Å²) in [7, 11) is 1.92. The Morgan fingerprint density at radius 2 is 2.04 bits per heavy atom. The molecule has 1 aromatic carbocycles. The van der Waals surface area contributed by atoms with Gasteiger partial charge in [0.25, 0.3) is 5.91 Å². The summed E-state index contributed by atoms with van der Waals surface area (Å²) < 4.78 is 1.85. The molecule has 4 nitrogen and oxygen atoms in total. The van der Waals surface area contributed by atoms with E-state index in [0.29, 0.717) is 12.2 Å². The molecular weight excluding hydrogens is 318 g/mol. The van der Waals surface area contributed by atoms with Gasteiger partial charge >= 0.3 is 0 Å². The number of hydrogen-bond donors (Lipinski definition) is 1. The normalized spacial score (nSPS) is 12.6. The van der Waals surface area contributed by atoms with Crippen molar-refractivity contribution in [3.8, 4) is 11.3 Å². The van der Waals surface area contributed by atoms with Crippen LogP contribution in [0.2, 0.25) is 0 Å². The number of aromatic nitrogens is 2. The lowest BCUT2D eigenvalue weighted by molar-refractivity contribution is 0.0944. The molecule has 0 aliphatic heterocycles. The second-order valence-electron chi connectivity index (χ2n) is 6.23. The number of benzene rings is 1. The number of amides is 1. The molecule has 0 spiro atoms. The first-order valence-electron chi connectivity index (χ1n) is 8.10. The molecular formula is C19H19N3OS. The molecule has 4 rings (SSSR count). The molecule has 1 amide bonds. The van der Waals surface area contributed by atoms with Gasteiger partial charge in [0.05, 0.1) is 5.69 Å². The van der Waals surface area contributed by atoms with Gasteiger partial charge < -0.3 is 5.32 Å². The highest BCUT2D eigenvalue weighted by molar-refractivity contribution is 7.10. The Labute approximate surface area is 145 Å². The number of fused-ring (bicyclic) bond motifs is 3. The van der Waals surface area contributed by atoms with Crippen molar-refractivity contribution in [2.24, 2.45) is 7.05 Å². The molecule has 3 aromatic rings. The van der Waals surface area contributed by atoms with E-state index in [0.717, 1.165) is 29.7 Å². The lowest BCUT2D eigenvalue weighted by atomic mass is 9.94. The first-order valence-corrected chi connectivity index (χ1v) is 8.98. The lowest BCUT2D eigenvalue weighted by Gasteiger charge is -2.13. The van der Waals surface area contributed by atoms with Crippen LogP contribution in [-0.2, 0) is 26.4 Å². The molecule has 1 aliphatic rings. The van der Waals surface area contributed by atoms with Gasteiger partial charge in [0.15, 0.2) is 5.69 Å². The van der Waals surface area contributed by atoms with Crippen molar-refractivity contribution in [3.63, 3.8) is 0 Å². The van der Waals surface area contributed by atoms with Gasteiger partial charge in [-0.3, -0.25) is 9.48 Å². The summed E-state index contributed by atoms with van der Waals surface area (Å²) >= 11 is 1.78. The number of nitrogens with zero attached hydrogens (tertiary/aromatic N) is 2. The van der Waals surface area contributed by atoms with Crippen LogP contribution in [-0.4, -0.2) is 15.7 Å². The predicted molar refractivity (Wildman–Crippen MR) is 96.3 cm³/mol. The number of thiophene rings is 1. The average Bonchev–Trinajstić information content (AvgIpc) is 3.18. The number of carbonyl (C=O) groups is 1. The Balaban J connectivity index is 1.58. The average molecular weight is 337 g/mol. The summed E-state index contributed by atoms with van der Waals surface area (Å²) in [5.41, 5.74) is 6.28. The van der Waals surface area contributed by atoms with Crippen molar-refractivity contribution >= 4 is 17.2 Å². The van der Waals surface area contributed by atoms with Gasteiger partial charge in [0, 0.05) is 29.6 Å². The fraction of sp³-hybridized carbons (Fsp3) is 0.263. The van der Waals surface area contributed by atoms with Crippen molar-refractivity contribution in [2.75, 3.05) is 0 Å².